The molecule has 0 radical (unpaired) electrons. The number of nitrogens with zero attached hydrogens (tertiary/aromatic N) is 2. The van der Waals surface area contributed by atoms with Crippen LogP contribution in [0.4, 0.5) is 11.4 Å². The van der Waals surface area contributed by atoms with Gasteiger partial charge in [0.1, 0.15) is 5.78 Å². The SMILES string of the molecule is O=C1CCc2cc(NC(=O)CN3CCN(c4ccc(Cl)cc4)CC3)ccc2C1. The van der Waals surface area contributed by atoms with Crippen LogP contribution < -0.4 is 10.2 Å². The number of carbonyl (C=O) groups excluding carboxylic acids is 2. The van der Waals surface area contributed by atoms with Crippen molar-refractivity contribution in [1.29, 1.82) is 0 Å². The number of Topliss-reactive ketones (excluding diaryl/α,β-unsaturated/α-hetero) is 1. The lowest BCUT2D eigenvalue weighted by molar-refractivity contribution is -0.119. The molecule has 1 amide bonds. The van der Waals surface area contributed by atoms with Crippen LogP contribution in [0.2, 0.25) is 5.02 Å². The molecule has 1 saturated heterocycles. The maximum Gasteiger partial charge on any atom is 0.238 e. The summed E-state index contributed by atoms with van der Waals surface area (Å²) < 4.78 is 0. The molecule has 2 aromatic rings. The van der Waals surface area contributed by atoms with Gasteiger partial charge in [-0.2, -0.15) is 0 Å². The molecule has 0 unspecified atom stereocenters. The highest BCUT2D eigenvalue weighted by atomic mass is 35.5. The second-order valence-corrected chi connectivity index (χ2v) is 7.92. The molecule has 146 valence electrons. The lowest BCUT2D eigenvalue weighted by Gasteiger charge is -2.35. The molecule has 2 aliphatic rings. The van der Waals surface area contributed by atoms with Gasteiger partial charge in [-0.3, -0.25) is 14.5 Å². The third-order valence-corrected chi connectivity index (χ3v) is 5.73. The normalized spacial score (nSPS) is 17.3. The van der Waals surface area contributed by atoms with E-state index in [1.807, 2.05) is 42.5 Å². The molecular formula is C22H24ClN3O2. The second kappa shape index (κ2) is 8.33. The third kappa shape index (κ3) is 4.54. The van der Waals surface area contributed by atoms with Gasteiger partial charge < -0.3 is 10.2 Å². The minimum absolute atomic E-state index is 0.00628. The number of benzene rings is 2. The van der Waals surface area contributed by atoms with Gasteiger partial charge in [0.05, 0.1) is 6.54 Å². The monoisotopic (exact) mass is 397 g/mol. The minimum atomic E-state index is 0.00628. The molecule has 0 spiro atoms. The van der Waals surface area contributed by atoms with Crippen molar-refractivity contribution in [2.45, 2.75) is 19.3 Å². The average Bonchev–Trinajstić information content (AvgIpc) is 2.69. The Morgan fingerprint density at radius 3 is 2.46 bits per heavy atom. The zero-order valence-electron chi connectivity index (χ0n) is 15.8. The predicted octanol–water partition coefficient (Wildman–Crippen LogP) is 3.16. The van der Waals surface area contributed by atoms with Crippen molar-refractivity contribution < 1.29 is 9.59 Å². The van der Waals surface area contributed by atoms with E-state index in [1.54, 1.807) is 0 Å². The highest BCUT2D eigenvalue weighted by Gasteiger charge is 2.20. The summed E-state index contributed by atoms with van der Waals surface area (Å²) in [6.07, 6.45) is 1.88. The topological polar surface area (TPSA) is 52.7 Å². The van der Waals surface area contributed by atoms with E-state index in [9.17, 15) is 9.59 Å². The summed E-state index contributed by atoms with van der Waals surface area (Å²) in [5.41, 5.74) is 4.25. The van der Waals surface area contributed by atoms with E-state index in [4.69, 9.17) is 11.6 Å². The zero-order chi connectivity index (χ0) is 19.5. The predicted molar refractivity (Wildman–Crippen MR) is 112 cm³/mol. The molecule has 5 nitrogen and oxygen atoms in total. The minimum Gasteiger partial charge on any atom is -0.369 e. The molecule has 1 heterocycles. The van der Waals surface area contributed by atoms with Gasteiger partial charge in [-0.1, -0.05) is 17.7 Å². The lowest BCUT2D eigenvalue weighted by atomic mass is 9.90. The Bertz CT molecular complexity index is 874. The van der Waals surface area contributed by atoms with E-state index < -0.39 is 0 Å². The number of hydrogen-bond acceptors (Lipinski definition) is 4. The van der Waals surface area contributed by atoms with Crippen molar-refractivity contribution in [1.82, 2.24) is 4.90 Å². The molecule has 0 atom stereocenters. The summed E-state index contributed by atoms with van der Waals surface area (Å²) in [5, 5.41) is 3.75. The number of anilines is 2. The number of rotatable bonds is 4. The third-order valence-electron chi connectivity index (χ3n) is 5.48. The molecule has 1 N–H and O–H groups in total. The van der Waals surface area contributed by atoms with Crippen molar-refractivity contribution in [3.63, 3.8) is 0 Å². The number of piperazine rings is 1. The van der Waals surface area contributed by atoms with Crippen LogP contribution in [0.3, 0.4) is 0 Å². The highest BCUT2D eigenvalue weighted by Crippen LogP contribution is 2.23. The van der Waals surface area contributed by atoms with Crippen LogP contribution >= 0.6 is 11.6 Å². The number of fused-ring (bicyclic) bond motifs is 1. The molecular weight excluding hydrogens is 374 g/mol. The zero-order valence-corrected chi connectivity index (χ0v) is 16.5. The van der Waals surface area contributed by atoms with Gasteiger partial charge in [0.2, 0.25) is 5.91 Å². The first-order valence-electron chi connectivity index (χ1n) is 9.73. The highest BCUT2D eigenvalue weighted by molar-refractivity contribution is 6.30. The van der Waals surface area contributed by atoms with E-state index in [-0.39, 0.29) is 5.91 Å². The average molecular weight is 398 g/mol. The first-order chi connectivity index (χ1) is 13.6. The first kappa shape index (κ1) is 19.0. The summed E-state index contributed by atoms with van der Waals surface area (Å²) in [7, 11) is 0. The number of ketones is 1. The summed E-state index contributed by atoms with van der Waals surface area (Å²) >= 11 is 5.96. The standard InChI is InChI=1S/C22H24ClN3O2/c23-18-3-6-20(7-4-18)26-11-9-25(10-12-26)15-22(28)24-19-5-1-17-14-21(27)8-2-16(17)13-19/h1,3-7,13H,2,8-12,14-15H2,(H,24,28). The molecule has 2 aromatic carbocycles. The number of aryl methyl sites for hydroxylation is 1. The van der Waals surface area contributed by atoms with Crippen LogP contribution in [0, 0.1) is 0 Å². The Labute approximate surface area is 170 Å². The van der Waals surface area contributed by atoms with E-state index >= 15 is 0 Å². The summed E-state index contributed by atoms with van der Waals surface area (Å²) in [6.45, 7) is 3.87. The second-order valence-electron chi connectivity index (χ2n) is 7.49. The van der Waals surface area contributed by atoms with Crippen LogP contribution in [0.25, 0.3) is 0 Å². The number of halogens is 1. The fourth-order valence-corrected chi connectivity index (χ4v) is 4.03. The lowest BCUT2D eigenvalue weighted by Crippen LogP contribution is -2.48. The van der Waals surface area contributed by atoms with Crippen LogP contribution in [0.1, 0.15) is 17.5 Å². The Morgan fingerprint density at radius 1 is 0.964 bits per heavy atom. The van der Waals surface area contributed by atoms with Gasteiger partial charge in [0, 0.05) is 55.4 Å². The molecule has 0 saturated carbocycles. The number of amides is 1. The van der Waals surface area contributed by atoms with E-state index in [2.05, 4.69) is 15.1 Å². The molecule has 0 aromatic heterocycles. The molecule has 6 heteroatoms. The van der Waals surface area contributed by atoms with Gasteiger partial charge >= 0.3 is 0 Å². The Kier molecular flexibility index (Phi) is 5.64. The molecule has 1 fully saturated rings. The summed E-state index contributed by atoms with van der Waals surface area (Å²) in [6, 6.07) is 13.8. The number of carbonyl (C=O) groups is 2. The van der Waals surface area contributed by atoms with Crippen molar-refractivity contribution in [2.24, 2.45) is 0 Å². The summed E-state index contributed by atoms with van der Waals surface area (Å²) in [4.78, 5) is 28.5. The Morgan fingerprint density at radius 2 is 1.71 bits per heavy atom. The smallest absolute Gasteiger partial charge is 0.238 e. The molecule has 28 heavy (non-hydrogen) atoms. The maximum atomic E-state index is 12.5. The van der Waals surface area contributed by atoms with Crippen LogP contribution in [0.15, 0.2) is 42.5 Å². The van der Waals surface area contributed by atoms with Gasteiger partial charge in [-0.05, 0) is 53.9 Å². The quantitative estimate of drug-likeness (QED) is 0.861. The molecule has 4 rings (SSSR count). The fourth-order valence-electron chi connectivity index (χ4n) is 3.90. The molecule has 1 aliphatic heterocycles. The largest absolute Gasteiger partial charge is 0.369 e. The van der Waals surface area contributed by atoms with Crippen molar-refractivity contribution in [3.05, 3.63) is 58.6 Å². The van der Waals surface area contributed by atoms with E-state index in [0.717, 1.165) is 48.9 Å². The van der Waals surface area contributed by atoms with E-state index in [1.165, 1.54) is 11.3 Å². The van der Waals surface area contributed by atoms with Gasteiger partial charge in [-0.25, -0.2) is 0 Å². The van der Waals surface area contributed by atoms with Gasteiger partial charge in [-0.15, -0.1) is 0 Å². The van der Waals surface area contributed by atoms with Gasteiger partial charge in [0.25, 0.3) is 0 Å². The van der Waals surface area contributed by atoms with Gasteiger partial charge in [0.15, 0.2) is 0 Å². The van der Waals surface area contributed by atoms with Crippen molar-refractivity contribution >= 4 is 34.7 Å². The molecule has 0 bridgehead atoms. The molecule has 1 aliphatic carbocycles. The van der Waals surface area contributed by atoms with Crippen molar-refractivity contribution in [3.8, 4) is 0 Å². The number of hydrogen-bond donors (Lipinski definition) is 1. The Balaban J connectivity index is 1.28. The van der Waals surface area contributed by atoms with E-state index in [0.29, 0.717) is 25.2 Å². The Hall–Kier alpha value is -2.37. The van der Waals surface area contributed by atoms with Crippen molar-refractivity contribution in [2.75, 3.05) is 42.9 Å². The first-order valence-corrected chi connectivity index (χ1v) is 10.1. The van der Waals surface area contributed by atoms with Crippen LogP contribution in [0.5, 0.6) is 0 Å². The fraction of sp³-hybridized carbons (Fsp3) is 0.364. The maximum absolute atomic E-state index is 12.5. The summed E-state index contributed by atoms with van der Waals surface area (Å²) in [5.74, 6) is 0.300. The number of nitrogens with one attached hydrogen (secondary N) is 1. The van der Waals surface area contributed by atoms with Crippen LogP contribution in [-0.4, -0.2) is 49.3 Å². The van der Waals surface area contributed by atoms with Crippen LogP contribution in [-0.2, 0) is 22.4 Å².